The molecule has 2 aromatic carbocycles. The van der Waals surface area contributed by atoms with Gasteiger partial charge in [-0.15, -0.1) is 10.2 Å². The zero-order valence-corrected chi connectivity index (χ0v) is 15.4. The molecule has 1 amide bonds. The molecule has 0 saturated carbocycles. The van der Waals surface area contributed by atoms with Gasteiger partial charge in [-0.25, -0.2) is 0 Å². The Morgan fingerprint density at radius 1 is 1.08 bits per heavy atom. The molecule has 0 fully saturated rings. The minimum Gasteiger partial charge on any atom is -0.332 e. The molecule has 2 N–H and O–H groups in total. The van der Waals surface area contributed by atoms with E-state index in [1.54, 1.807) is 4.80 Å². The summed E-state index contributed by atoms with van der Waals surface area (Å²) in [6.45, 7) is 2.11. The molecule has 1 aromatic heterocycles. The first-order chi connectivity index (χ1) is 12.7. The van der Waals surface area contributed by atoms with Crippen LogP contribution in [0.1, 0.15) is 32.6 Å². The molecule has 6 nitrogen and oxygen atoms in total. The van der Waals surface area contributed by atoms with Crippen molar-refractivity contribution in [2.45, 2.75) is 32.6 Å². The number of hydrogen-bond donors (Lipinski definition) is 2. The van der Waals surface area contributed by atoms with E-state index < -0.39 is 0 Å². The third-order valence-corrected chi connectivity index (χ3v) is 4.09. The van der Waals surface area contributed by atoms with Crippen LogP contribution in [0.5, 0.6) is 0 Å². The minimum atomic E-state index is -0.0629. The highest BCUT2D eigenvalue weighted by atomic mass is 32.1. The van der Waals surface area contributed by atoms with Crippen LogP contribution < -0.4 is 10.6 Å². The molecule has 0 spiro atoms. The Kier molecular flexibility index (Phi) is 5.91. The molecule has 26 heavy (non-hydrogen) atoms. The summed E-state index contributed by atoms with van der Waals surface area (Å²) in [5.74, 6) is -0.0629. The van der Waals surface area contributed by atoms with E-state index in [1.165, 1.54) is 0 Å². The molecular formula is C19H21N5OS. The molecule has 0 aliphatic carbocycles. The molecule has 3 rings (SSSR count). The second-order valence-electron chi connectivity index (χ2n) is 5.99. The summed E-state index contributed by atoms with van der Waals surface area (Å²) in [6, 6.07) is 15.3. The molecule has 3 aromatic rings. The first-order valence-electron chi connectivity index (χ1n) is 8.69. The highest BCUT2D eigenvalue weighted by molar-refractivity contribution is 7.80. The van der Waals surface area contributed by atoms with Crippen LogP contribution in [0.3, 0.4) is 0 Å². The van der Waals surface area contributed by atoms with Crippen LogP contribution in [-0.2, 0) is 4.79 Å². The highest BCUT2D eigenvalue weighted by Gasteiger charge is 2.08. The number of carbonyl (C=O) groups is 1. The number of unbranched alkanes of at least 4 members (excludes halogenated alkanes) is 2. The van der Waals surface area contributed by atoms with Crippen molar-refractivity contribution in [1.82, 2.24) is 20.3 Å². The third kappa shape index (κ3) is 4.64. The van der Waals surface area contributed by atoms with Crippen LogP contribution >= 0.6 is 12.2 Å². The lowest BCUT2D eigenvalue weighted by molar-refractivity contribution is -0.119. The summed E-state index contributed by atoms with van der Waals surface area (Å²) in [5, 5.41) is 15.0. The Labute approximate surface area is 157 Å². The van der Waals surface area contributed by atoms with Crippen molar-refractivity contribution in [2.75, 3.05) is 5.32 Å². The maximum atomic E-state index is 11.8. The van der Waals surface area contributed by atoms with E-state index in [-0.39, 0.29) is 5.91 Å². The molecule has 0 aliphatic rings. The number of carbonyl (C=O) groups excluding carboxylic acids is 1. The number of hydrogen-bond acceptors (Lipinski definition) is 4. The number of rotatable bonds is 6. The quantitative estimate of drug-likeness (QED) is 0.512. The summed E-state index contributed by atoms with van der Waals surface area (Å²) in [5.41, 5.74) is 3.19. The van der Waals surface area contributed by atoms with E-state index in [2.05, 4.69) is 27.8 Å². The van der Waals surface area contributed by atoms with Crippen molar-refractivity contribution < 1.29 is 4.79 Å². The summed E-state index contributed by atoms with van der Waals surface area (Å²) < 4.78 is 0. The van der Waals surface area contributed by atoms with Crippen molar-refractivity contribution in [1.29, 1.82) is 0 Å². The van der Waals surface area contributed by atoms with Gasteiger partial charge in [0.15, 0.2) is 5.11 Å². The molecular weight excluding hydrogens is 346 g/mol. The molecule has 0 radical (unpaired) electrons. The number of nitrogens with zero attached hydrogens (tertiary/aromatic N) is 3. The fourth-order valence-corrected chi connectivity index (χ4v) is 2.79. The zero-order valence-electron chi connectivity index (χ0n) is 14.6. The monoisotopic (exact) mass is 367 g/mol. The first-order valence-corrected chi connectivity index (χ1v) is 9.10. The van der Waals surface area contributed by atoms with Crippen LogP contribution in [0.4, 0.5) is 5.69 Å². The van der Waals surface area contributed by atoms with Crippen LogP contribution in [0.25, 0.3) is 16.7 Å². The van der Waals surface area contributed by atoms with Gasteiger partial charge in [0.2, 0.25) is 5.91 Å². The Bertz CT molecular complexity index is 907. The number of thiocarbonyl (C=S) groups is 1. The number of fused-ring (bicyclic) bond motifs is 1. The van der Waals surface area contributed by atoms with Crippen molar-refractivity contribution in [3.8, 4) is 5.69 Å². The van der Waals surface area contributed by atoms with Gasteiger partial charge >= 0.3 is 0 Å². The largest absolute Gasteiger partial charge is 0.332 e. The molecule has 0 unspecified atom stereocenters. The summed E-state index contributed by atoms with van der Waals surface area (Å²) in [7, 11) is 0. The maximum absolute atomic E-state index is 11.8. The van der Waals surface area contributed by atoms with Crippen molar-refractivity contribution >= 4 is 40.0 Å². The van der Waals surface area contributed by atoms with Gasteiger partial charge in [-0.2, -0.15) is 4.80 Å². The average molecular weight is 367 g/mol. The lowest BCUT2D eigenvalue weighted by Gasteiger charge is -2.09. The molecule has 1 heterocycles. The number of aromatic nitrogens is 3. The third-order valence-electron chi connectivity index (χ3n) is 3.89. The minimum absolute atomic E-state index is 0.0629. The fraction of sp³-hybridized carbons (Fsp3) is 0.263. The van der Waals surface area contributed by atoms with E-state index >= 15 is 0 Å². The Morgan fingerprint density at radius 2 is 1.85 bits per heavy atom. The van der Waals surface area contributed by atoms with Crippen molar-refractivity contribution in [3.05, 3.63) is 48.5 Å². The van der Waals surface area contributed by atoms with E-state index in [9.17, 15) is 4.79 Å². The van der Waals surface area contributed by atoms with Gasteiger partial charge in [-0.1, -0.05) is 38.0 Å². The normalized spacial score (nSPS) is 10.7. The van der Waals surface area contributed by atoms with E-state index in [4.69, 9.17) is 12.2 Å². The standard InChI is InChI=1S/C19H21N5OS/c1-2-3-5-10-18(25)21-19(26)20-14-11-12-16-17(13-14)23-24(22-16)15-8-6-4-7-9-15/h4,6-9,11-13H,2-3,5,10H2,1H3,(H2,20,21,25,26). The topological polar surface area (TPSA) is 71.8 Å². The molecule has 134 valence electrons. The molecule has 0 aliphatic heterocycles. The van der Waals surface area contributed by atoms with Gasteiger partial charge in [0, 0.05) is 12.1 Å². The van der Waals surface area contributed by atoms with Crippen LogP contribution in [0.2, 0.25) is 0 Å². The lowest BCUT2D eigenvalue weighted by Crippen LogP contribution is -2.33. The predicted octanol–water partition coefficient (Wildman–Crippen LogP) is 3.81. The van der Waals surface area contributed by atoms with Crippen LogP contribution in [-0.4, -0.2) is 26.0 Å². The SMILES string of the molecule is CCCCCC(=O)NC(=S)Nc1ccc2nn(-c3ccccc3)nc2c1. The Morgan fingerprint density at radius 3 is 2.62 bits per heavy atom. The number of benzene rings is 2. The summed E-state index contributed by atoms with van der Waals surface area (Å²) in [6.07, 6.45) is 3.49. The number of anilines is 1. The van der Waals surface area contributed by atoms with E-state index in [1.807, 2.05) is 48.5 Å². The Hall–Kier alpha value is -2.80. The van der Waals surface area contributed by atoms with E-state index in [0.717, 1.165) is 41.7 Å². The highest BCUT2D eigenvalue weighted by Crippen LogP contribution is 2.17. The number of nitrogens with one attached hydrogen (secondary N) is 2. The average Bonchev–Trinajstić information content (AvgIpc) is 3.06. The smallest absolute Gasteiger partial charge is 0.226 e. The second kappa shape index (κ2) is 8.53. The van der Waals surface area contributed by atoms with Crippen molar-refractivity contribution in [3.63, 3.8) is 0 Å². The molecule has 0 atom stereocenters. The van der Waals surface area contributed by atoms with Crippen LogP contribution in [0.15, 0.2) is 48.5 Å². The molecule has 7 heteroatoms. The van der Waals surface area contributed by atoms with Crippen molar-refractivity contribution in [2.24, 2.45) is 0 Å². The maximum Gasteiger partial charge on any atom is 0.226 e. The van der Waals surface area contributed by atoms with Gasteiger partial charge in [-0.05, 0) is 49.0 Å². The van der Waals surface area contributed by atoms with Gasteiger partial charge in [0.05, 0.1) is 5.69 Å². The fourth-order valence-electron chi connectivity index (χ4n) is 2.56. The van der Waals surface area contributed by atoms with Gasteiger partial charge in [0.25, 0.3) is 0 Å². The van der Waals surface area contributed by atoms with Gasteiger partial charge in [-0.3, -0.25) is 4.79 Å². The van der Waals surface area contributed by atoms with Gasteiger partial charge < -0.3 is 10.6 Å². The van der Waals surface area contributed by atoms with Crippen LogP contribution in [0, 0.1) is 0 Å². The zero-order chi connectivity index (χ0) is 18.4. The number of para-hydroxylation sites is 1. The van der Waals surface area contributed by atoms with Gasteiger partial charge in [0.1, 0.15) is 11.0 Å². The predicted molar refractivity (Wildman–Crippen MR) is 107 cm³/mol. The number of amides is 1. The first kappa shape index (κ1) is 18.0. The lowest BCUT2D eigenvalue weighted by atomic mass is 10.2. The molecule has 0 bridgehead atoms. The molecule has 0 saturated heterocycles. The second-order valence-corrected chi connectivity index (χ2v) is 6.40. The summed E-state index contributed by atoms with van der Waals surface area (Å²) in [4.78, 5) is 13.4. The van der Waals surface area contributed by atoms with E-state index in [0.29, 0.717) is 11.5 Å². The summed E-state index contributed by atoms with van der Waals surface area (Å²) >= 11 is 5.21. The Balaban J connectivity index is 1.65.